The number of aliphatic carboxylic acids is 1. The van der Waals surface area contributed by atoms with Gasteiger partial charge >= 0.3 is 5.97 Å². The van der Waals surface area contributed by atoms with Crippen molar-refractivity contribution in [2.45, 2.75) is 25.8 Å². The van der Waals surface area contributed by atoms with Gasteiger partial charge in [-0.2, -0.15) is 0 Å². The van der Waals surface area contributed by atoms with Crippen LogP contribution >= 0.6 is 11.6 Å². The molecule has 2 N–H and O–H groups in total. The third-order valence-corrected chi connectivity index (χ3v) is 2.71. The van der Waals surface area contributed by atoms with Gasteiger partial charge in [0.1, 0.15) is 5.75 Å². The third kappa shape index (κ3) is 6.10. The highest BCUT2D eigenvalue weighted by Gasteiger charge is 2.10. The number of para-hydroxylation sites is 1. The molecule has 0 bridgehead atoms. The molecule has 1 aromatic rings. The van der Waals surface area contributed by atoms with Crippen molar-refractivity contribution in [2.75, 3.05) is 6.61 Å². The molecule has 0 fully saturated rings. The fourth-order valence-electron chi connectivity index (χ4n) is 1.43. The van der Waals surface area contributed by atoms with Crippen molar-refractivity contribution in [2.24, 2.45) is 0 Å². The van der Waals surface area contributed by atoms with E-state index in [-0.39, 0.29) is 25.0 Å². The van der Waals surface area contributed by atoms with Crippen molar-refractivity contribution in [1.82, 2.24) is 5.32 Å². The first-order chi connectivity index (χ1) is 8.99. The number of carbonyl (C=O) groups excluding carboxylic acids is 1. The second-order valence-electron chi connectivity index (χ2n) is 4.12. The quantitative estimate of drug-likeness (QED) is 0.804. The monoisotopic (exact) mass is 285 g/mol. The smallest absolute Gasteiger partial charge is 0.303 e. The number of benzene rings is 1. The molecular formula is C13H16ClNO4. The summed E-state index contributed by atoms with van der Waals surface area (Å²) in [5.41, 5.74) is 0. The third-order valence-electron chi connectivity index (χ3n) is 2.39. The summed E-state index contributed by atoms with van der Waals surface area (Å²) < 4.78 is 5.26. The summed E-state index contributed by atoms with van der Waals surface area (Å²) >= 11 is 5.88. The van der Waals surface area contributed by atoms with E-state index < -0.39 is 5.97 Å². The number of hydrogen-bond donors (Lipinski definition) is 2. The molecule has 0 aliphatic heterocycles. The van der Waals surface area contributed by atoms with Crippen LogP contribution in [0.15, 0.2) is 24.3 Å². The zero-order valence-corrected chi connectivity index (χ0v) is 11.3. The van der Waals surface area contributed by atoms with E-state index in [4.69, 9.17) is 21.4 Å². The second-order valence-corrected chi connectivity index (χ2v) is 4.53. The maximum atomic E-state index is 11.6. The van der Waals surface area contributed by atoms with E-state index >= 15 is 0 Å². The highest BCUT2D eigenvalue weighted by atomic mass is 35.5. The van der Waals surface area contributed by atoms with Gasteiger partial charge in [0.15, 0.2) is 6.61 Å². The molecule has 1 aromatic carbocycles. The molecule has 0 aliphatic rings. The van der Waals surface area contributed by atoms with Gasteiger partial charge in [-0.25, -0.2) is 0 Å². The molecule has 1 unspecified atom stereocenters. The first-order valence-electron chi connectivity index (χ1n) is 5.87. The normalized spacial score (nSPS) is 11.7. The maximum absolute atomic E-state index is 11.6. The van der Waals surface area contributed by atoms with Crippen LogP contribution in [0, 0.1) is 0 Å². The number of carboxylic acids is 1. The lowest BCUT2D eigenvalue weighted by Gasteiger charge is -2.13. The number of amides is 1. The summed E-state index contributed by atoms with van der Waals surface area (Å²) in [5.74, 6) is -0.747. The molecule has 0 saturated heterocycles. The van der Waals surface area contributed by atoms with Gasteiger partial charge in [0.2, 0.25) is 0 Å². The van der Waals surface area contributed by atoms with E-state index in [0.717, 1.165) is 0 Å². The Balaban J connectivity index is 2.32. The number of rotatable bonds is 7. The summed E-state index contributed by atoms with van der Waals surface area (Å²) in [6.45, 7) is 1.59. The zero-order valence-electron chi connectivity index (χ0n) is 10.6. The van der Waals surface area contributed by atoms with Crippen LogP contribution in [0.1, 0.15) is 19.8 Å². The van der Waals surface area contributed by atoms with Crippen LogP contribution in [-0.4, -0.2) is 29.6 Å². The molecule has 0 radical (unpaired) electrons. The number of ether oxygens (including phenoxy) is 1. The summed E-state index contributed by atoms with van der Waals surface area (Å²) in [6, 6.07) is 6.66. The molecule has 19 heavy (non-hydrogen) atoms. The summed E-state index contributed by atoms with van der Waals surface area (Å²) in [5, 5.41) is 11.6. The molecule has 0 heterocycles. The largest absolute Gasteiger partial charge is 0.482 e. The topological polar surface area (TPSA) is 75.6 Å². The Bertz CT molecular complexity index is 450. The molecule has 0 aromatic heterocycles. The minimum atomic E-state index is -0.881. The number of halogens is 1. The molecule has 0 saturated carbocycles. The van der Waals surface area contributed by atoms with Crippen LogP contribution in [0.2, 0.25) is 5.02 Å². The summed E-state index contributed by atoms with van der Waals surface area (Å²) in [7, 11) is 0. The van der Waals surface area contributed by atoms with E-state index in [1.165, 1.54) is 0 Å². The van der Waals surface area contributed by atoms with Crippen LogP contribution < -0.4 is 10.1 Å². The van der Waals surface area contributed by atoms with Crippen molar-refractivity contribution in [3.63, 3.8) is 0 Å². The fraction of sp³-hybridized carbons (Fsp3) is 0.385. The first-order valence-corrected chi connectivity index (χ1v) is 6.25. The number of carbonyl (C=O) groups is 2. The van der Waals surface area contributed by atoms with E-state index in [0.29, 0.717) is 17.2 Å². The Morgan fingerprint density at radius 1 is 1.42 bits per heavy atom. The van der Waals surface area contributed by atoms with Crippen molar-refractivity contribution in [3.05, 3.63) is 29.3 Å². The molecule has 0 aliphatic carbocycles. The Morgan fingerprint density at radius 2 is 2.11 bits per heavy atom. The highest BCUT2D eigenvalue weighted by Crippen LogP contribution is 2.22. The minimum absolute atomic E-state index is 0.0207. The van der Waals surface area contributed by atoms with E-state index in [2.05, 4.69) is 5.32 Å². The van der Waals surface area contributed by atoms with Crippen LogP contribution in [0.4, 0.5) is 0 Å². The van der Waals surface area contributed by atoms with Crippen LogP contribution in [0.5, 0.6) is 5.75 Å². The zero-order chi connectivity index (χ0) is 14.3. The fourth-order valence-corrected chi connectivity index (χ4v) is 1.62. The minimum Gasteiger partial charge on any atom is -0.482 e. The van der Waals surface area contributed by atoms with Gasteiger partial charge in [0.05, 0.1) is 5.02 Å². The van der Waals surface area contributed by atoms with E-state index in [1.807, 2.05) is 0 Å². The average molecular weight is 286 g/mol. The van der Waals surface area contributed by atoms with E-state index in [9.17, 15) is 9.59 Å². The van der Waals surface area contributed by atoms with Gasteiger partial charge in [-0.05, 0) is 25.5 Å². The van der Waals surface area contributed by atoms with Gasteiger partial charge < -0.3 is 15.2 Å². The number of hydrogen-bond acceptors (Lipinski definition) is 3. The Hall–Kier alpha value is -1.75. The molecule has 0 spiro atoms. The van der Waals surface area contributed by atoms with Crippen LogP contribution in [-0.2, 0) is 9.59 Å². The molecule has 104 valence electrons. The number of nitrogens with one attached hydrogen (secondary N) is 1. The predicted octanol–water partition coefficient (Wildman–Crippen LogP) is 2.09. The van der Waals surface area contributed by atoms with Crippen molar-refractivity contribution >= 4 is 23.5 Å². The first kappa shape index (κ1) is 15.3. The van der Waals surface area contributed by atoms with Crippen molar-refractivity contribution in [1.29, 1.82) is 0 Å². The molecule has 5 nitrogen and oxygen atoms in total. The lowest BCUT2D eigenvalue weighted by atomic mass is 10.2. The number of carboxylic acid groups (broad SMARTS) is 1. The molecule has 1 amide bonds. The Morgan fingerprint density at radius 3 is 2.74 bits per heavy atom. The Labute approximate surface area is 116 Å². The average Bonchev–Trinajstić information content (AvgIpc) is 2.35. The summed E-state index contributed by atoms with van der Waals surface area (Å²) in [4.78, 5) is 21.9. The highest BCUT2D eigenvalue weighted by molar-refractivity contribution is 6.32. The van der Waals surface area contributed by atoms with Gasteiger partial charge in [-0.15, -0.1) is 0 Å². The maximum Gasteiger partial charge on any atom is 0.303 e. The van der Waals surface area contributed by atoms with Crippen LogP contribution in [0.3, 0.4) is 0 Å². The second kappa shape index (κ2) is 7.63. The summed E-state index contributed by atoms with van der Waals surface area (Å²) in [6.07, 6.45) is 0.403. The molecule has 6 heteroatoms. The lowest BCUT2D eigenvalue weighted by Crippen LogP contribution is -2.36. The van der Waals surface area contributed by atoms with Gasteiger partial charge in [0, 0.05) is 12.5 Å². The standard InChI is InChI=1S/C13H16ClNO4/c1-9(6-7-13(17)18)15-12(16)8-19-11-5-3-2-4-10(11)14/h2-5,9H,6-8H2,1H3,(H,15,16)(H,17,18). The molecule has 1 rings (SSSR count). The van der Waals surface area contributed by atoms with Crippen molar-refractivity contribution < 1.29 is 19.4 Å². The van der Waals surface area contributed by atoms with Gasteiger partial charge in [-0.1, -0.05) is 23.7 Å². The van der Waals surface area contributed by atoms with E-state index in [1.54, 1.807) is 31.2 Å². The van der Waals surface area contributed by atoms with Gasteiger partial charge in [0.25, 0.3) is 5.91 Å². The predicted molar refractivity (Wildman–Crippen MR) is 71.4 cm³/mol. The SMILES string of the molecule is CC(CCC(=O)O)NC(=O)COc1ccccc1Cl. The lowest BCUT2D eigenvalue weighted by molar-refractivity contribution is -0.137. The Kier molecular flexibility index (Phi) is 6.15. The van der Waals surface area contributed by atoms with Crippen LogP contribution in [0.25, 0.3) is 0 Å². The molecule has 1 atom stereocenters. The van der Waals surface area contributed by atoms with Gasteiger partial charge in [-0.3, -0.25) is 9.59 Å². The molecular weight excluding hydrogens is 270 g/mol. The van der Waals surface area contributed by atoms with Crippen molar-refractivity contribution in [3.8, 4) is 5.75 Å².